The van der Waals surface area contributed by atoms with Crippen molar-refractivity contribution in [3.63, 3.8) is 0 Å². The molecule has 0 radical (unpaired) electrons. The summed E-state index contributed by atoms with van der Waals surface area (Å²) in [5.74, 6) is 0.822. The summed E-state index contributed by atoms with van der Waals surface area (Å²) in [4.78, 5) is 10.8. The standard InChI is InChI=1S/C12H13NO4S/c1-3-4-11(12(14)15)13-18(16,17)10-7-5-9(2)6-8-10/h1,5-8,11,13H,4H2,2H3,(H,14,15)/t11-/m0/s1. The molecular weight excluding hydrogens is 254 g/mol. The molecular formula is C12H13NO4S. The van der Waals surface area contributed by atoms with Crippen molar-refractivity contribution < 1.29 is 18.3 Å². The van der Waals surface area contributed by atoms with Crippen molar-refractivity contribution >= 4 is 16.0 Å². The van der Waals surface area contributed by atoms with Crippen LogP contribution >= 0.6 is 0 Å². The molecule has 96 valence electrons. The summed E-state index contributed by atoms with van der Waals surface area (Å²) < 4.78 is 25.8. The number of aryl methyl sites for hydroxylation is 1. The normalized spacial score (nSPS) is 12.7. The molecule has 1 aromatic rings. The number of nitrogens with one attached hydrogen (secondary N) is 1. The SMILES string of the molecule is C#CC[C@H](NS(=O)(=O)c1ccc(C)cc1)C(=O)O. The zero-order valence-corrected chi connectivity index (χ0v) is 10.6. The van der Waals surface area contributed by atoms with Crippen LogP contribution in [0.3, 0.4) is 0 Å². The first-order chi connectivity index (χ1) is 8.36. The highest BCUT2D eigenvalue weighted by Crippen LogP contribution is 2.11. The van der Waals surface area contributed by atoms with E-state index in [0.29, 0.717) is 0 Å². The zero-order chi connectivity index (χ0) is 13.8. The highest BCUT2D eigenvalue weighted by molar-refractivity contribution is 7.89. The molecule has 0 saturated heterocycles. The van der Waals surface area contributed by atoms with Gasteiger partial charge in [-0.3, -0.25) is 4.79 Å². The van der Waals surface area contributed by atoms with Crippen LogP contribution in [0.2, 0.25) is 0 Å². The molecule has 0 amide bonds. The highest BCUT2D eigenvalue weighted by Gasteiger charge is 2.24. The van der Waals surface area contributed by atoms with E-state index in [1.54, 1.807) is 12.1 Å². The van der Waals surface area contributed by atoms with Gasteiger partial charge in [0.15, 0.2) is 0 Å². The smallest absolute Gasteiger partial charge is 0.322 e. The fraction of sp³-hybridized carbons (Fsp3) is 0.250. The van der Waals surface area contributed by atoms with E-state index >= 15 is 0 Å². The molecule has 1 rings (SSSR count). The van der Waals surface area contributed by atoms with Crippen molar-refractivity contribution in [1.82, 2.24) is 4.72 Å². The van der Waals surface area contributed by atoms with Gasteiger partial charge in [0.05, 0.1) is 4.90 Å². The Bertz CT molecular complexity index is 569. The maximum Gasteiger partial charge on any atom is 0.322 e. The van der Waals surface area contributed by atoms with Crippen LogP contribution in [0.25, 0.3) is 0 Å². The van der Waals surface area contributed by atoms with Gasteiger partial charge in [0.2, 0.25) is 10.0 Å². The number of aliphatic carboxylic acids is 1. The molecule has 0 aromatic heterocycles. The number of terminal acetylenes is 1. The Labute approximate surface area is 106 Å². The van der Waals surface area contributed by atoms with E-state index in [2.05, 4.69) is 10.6 Å². The molecule has 2 N–H and O–H groups in total. The summed E-state index contributed by atoms with van der Waals surface area (Å²) in [6, 6.07) is 4.76. The van der Waals surface area contributed by atoms with E-state index in [0.717, 1.165) is 5.56 Å². The lowest BCUT2D eigenvalue weighted by Gasteiger charge is -2.12. The predicted octanol–water partition coefficient (Wildman–Crippen LogP) is 0.750. The number of hydrogen-bond donors (Lipinski definition) is 2. The molecule has 0 aliphatic carbocycles. The highest BCUT2D eigenvalue weighted by atomic mass is 32.2. The number of sulfonamides is 1. The van der Waals surface area contributed by atoms with Gasteiger partial charge >= 0.3 is 5.97 Å². The third kappa shape index (κ3) is 3.58. The minimum atomic E-state index is -3.87. The summed E-state index contributed by atoms with van der Waals surface area (Å²) in [7, 11) is -3.87. The molecule has 0 bridgehead atoms. The summed E-state index contributed by atoms with van der Waals surface area (Å²) in [5, 5.41) is 8.84. The number of carboxylic acid groups (broad SMARTS) is 1. The zero-order valence-electron chi connectivity index (χ0n) is 9.75. The van der Waals surface area contributed by atoms with Crippen molar-refractivity contribution in [2.75, 3.05) is 0 Å². The van der Waals surface area contributed by atoms with Crippen molar-refractivity contribution in [3.8, 4) is 12.3 Å². The van der Waals surface area contributed by atoms with E-state index in [1.807, 2.05) is 6.92 Å². The van der Waals surface area contributed by atoms with E-state index < -0.39 is 22.0 Å². The second kappa shape index (κ2) is 5.67. The van der Waals surface area contributed by atoms with Gasteiger partial charge < -0.3 is 5.11 Å². The molecule has 1 atom stereocenters. The number of rotatable bonds is 5. The Morgan fingerprint density at radius 2 is 2.00 bits per heavy atom. The van der Waals surface area contributed by atoms with Gasteiger partial charge in [0.25, 0.3) is 0 Å². The number of carboxylic acids is 1. The topological polar surface area (TPSA) is 83.5 Å². The quantitative estimate of drug-likeness (QED) is 0.771. The lowest BCUT2D eigenvalue weighted by molar-refractivity contribution is -0.138. The van der Waals surface area contributed by atoms with Crippen molar-refractivity contribution in [2.24, 2.45) is 0 Å². The summed E-state index contributed by atoms with van der Waals surface area (Å²) in [6.45, 7) is 1.82. The van der Waals surface area contributed by atoms with E-state index in [4.69, 9.17) is 11.5 Å². The first-order valence-corrected chi connectivity index (χ1v) is 6.60. The third-order valence-electron chi connectivity index (χ3n) is 2.25. The first kappa shape index (κ1) is 14.2. The van der Waals surface area contributed by atoms with Gasteiger partial charge in [0, 0.05) is 6.42 Å². The third-order valence-corrected chi connectivity index (χ3v) is 3.74. The molecule has 0 unspecified atom stereocenters. The van der Waals surface area contributed by atoms with Crippen LogP contribution < -0.4 is 4.72 Å². The van der Waals surface area contributed by atoms with Gasteiger partial charge in [-0.05, 0) is 19.1 Å². The Kier molecular flexibility index (Phi) is 4.48. The first-order valence-electron chi connectivity index (χ1n) is 5.12. The maximum absolute atomic E-state index is 11.9. The van der Waals surface area contributed by atoms with Crippen LogP contribution in [-0.4, -0.2) is 25.5 Å². The number of hydrogen-bond acceptors (Lipinski definition) is 3. The monoisotopic (exact) mass is 267 g/mol. The predicted molar refractivity (Wildman–Crippen MR) is 66.4 cm³/mol. The molecule has 0 heterocycles. The van der Waals surface area contributed by atoms with Crippen molar-refractivity contribution in [2.45, 2.75) is 24.3 Å². The van der Waals surface area contributed by atoms with Gasteiger partial charge in [-0.2, -0.15) is 4.72 Å². The van der Waals surface area contributed by atoms with Gasteiger partial charge in [0.1, 0.15) is 6.04 Å². The Morgan fingerprint density at radius 3 is 2.44 bits per heavy atom. The Balaban J connectivity index is 2.97. The Hall–Kier alpha value is -1.84. The van der Waals surface area contributed by atoms with Crippen molar-refractivity contribution in [3.05, 3.63) is 29.8 Å². The number of benzene rings is 1. The van der Waals surface area contributed by atoms with Crippen LogP contribution in [-0.2, 0) is 14.8 Å². The maximum atomic E-state index is 11.9. The lowest BCUT2D eigenvalue weighted by atomic mass is 10.2. The largest absolute Gasteiger partial charge is 0.480 e. The second-order valence-electron chi connectivity index (χ2n) is 3.73. The molecule has 0 saturated carbocycles. The second-order valence-corrected chi connectivity index (χ2v) is 5.45. The van der Waals surface area contributed by atoms with Crippen LogP contribution in [0, 0.1) is 19.3 Å². The molecule has 18 heavy (non-hydrogen) atoms. The summed E-state index contributed by atoms with van der Waals surface area (Å²) >= 11 is 0. The van der Waals surface area contributed by atoms with Gasteiger partial charge in [-0.15, -0.1) is 12.3 Å². The lowest BCUT2D eigenvalue weighted by Crippen LogP contribution is -2.40. The van der Waals surface area contributed by atoms with E-state index in [-0.39, 0.29) is 11.3 Å². The summed E-state index contributed by atoms with van der Waals surface area (Å²) in [6.07, 6.45) is 4.79. The molecule has 0 spiro atoms. The molecule has 0 aliphatic rings. The van der Waals surface area contributed by atoms with Crippen LogP contribution in [0.1, 0.15) is 12.0 Å². The molecule has 6 heteroatoms. The van der Waals surface area contributed by atoms with Crippen molar-refractivity contribution in [1.29, 1.82) is 0 Å². The molecule has 0 fully saturated rings. The number of carbonyl (C=O) groups is 1. The fourth-order valence-corrected chi connectivity index (χ4v) is 2.46. The van der Waals surface area contributed by atoms with Crippen LogP contribution in [0.15, 0.2) is 29.2 Å². The van der Waals surface area contributed by atoms with Crippen LogP contribution in [0.4, 0.5) is 0 Å². The van der Waals surface area contributed by atoms with E-state index in [9.17, 15) is 13.2 Å². The molecule has 5 nitrogen and oxygen atoms in total. The minimum absolute atomic E-state index is 0.0105. The van der Waals surface area contributed by atoms with Gasteiger partial charge in [-0.1, -0.05) is 17.7 Å². The minimum Gasteiger partial charge on any atom is -0.480 e. The average molecular weight is 267 g/mol. The van der Waals surface area contributed by atoms with Crippen LogP contribution in [0.5, 0.6) is 0 Å². The Morgan fingerprint density at radius 1 is 1.44 bits per heavy atom. The van der Waals surface area contributed by atoms with Gasteiger partial charge in [-0.25, -0.2) is 8.42 Å². The molecule has 0 aliphatic heterocycles. The van der Waals surface area contributed by atoms with E-state index in [1.165, 1.54) is 12.1 Å². The summed E-state index contributed by atoms with van der Waals surface area (Å²) in [5.41, 5.74) is 0.910. The fourth-order valence-electron chi connectivity index (χ4n) is 1.27. The average Bonchev–Trinajstić information content (AvgIpc) is 2.28. The molecule has 1 aromatic carbocycles.